The number of nitrogens with one attached hydrogen (secondary N) is 1. The van der Waals surface area contributed by atoms with Crippen LogP contribution in [0.3, 0.4) is 0 Å². The van der Waals surface area contributed by atoms with E-state index < -0.39 is 0 Å². The Balaban J connectivity index is 3.96. The van der Waals surface area contributed by atoms with Gasteiger partial charge in [-0.05, 0) is 17.8 Å². The standard InChI is InChI=1S/C9H22N2/c1-7(2)6-8(11-10)9(3,4)5/h7-8,11H,6,10H2,1-5H3. The molecule has 1 atom stereocenters. The van der Waals surface area contributed by atoms with Gasteiger partial charge in [0.2, 0.25) is 0 Å². The summed E-state index contributed by atoms with van der Waals surface area (Å²) in [6.07, 6.45) is 1.14. The summed E-state index contributed by atoms with van der Waals surface area (Å²) in [4.78, 5) is 0. The summed E-state index contributed by atoms with van der Waals surface area (Å²) < 4.78 is 0. The van der Waals surface area contributed by atoms with Gasteiger partial charge in [0.15, 0.2) is 0 Å². The molecule has 68 valence electrons. The molecule has 0 fully saturated rings. The van der Waals surface area contributed by atoms with Gasteiger partial charge in [-0.15, -0.1) is 0 Å². The van der Waals surface area contributed by atoms with E-state index in [1.807, 2.05) is 0 Å². The first-order chi connectivity index (χ1) is 4.88. The van der Waals surface area contributed by atoms with Crippen molar-refractivity contribution < 1.29 is 0 Å². The highest BCUT2D eigenvalue weighted by molar-refractivity contribution is 4.79. The predicted octanol–water partition coefficient (Wildman–Crippen LogP) is 1.91. The molecule has 0 aromatic carbocycles. The molecule has 0 saturated carbocycles. The van der Waals surface area contributed by atoms with Crippen molar-refractivity contribution in [3.05, 3.63) is 0 Å². The number of nitrogens with two attached hydrogens (primary N) is 1. The van der Waals surface area contributed by atoms with Crippen molar-refractivity contribution in [1.82, 2.24) is 5.43 Å². The Morgan fingerprint density at radius 3 is 1.82 bits per heavy atom. The third kappa shape index (κ3) is 4.38. The van der Waals surface area contributed by atoms with Crippen LogP contribution >= 0.6 is 0 Å². The zero-order valence-electron chi connectivity index (χ0n) is 8.44. The molecule has 2 heteroatoms. The fraction of sp³-hybridized carbons (Fsp3) is 1.00. The van der Waals surface area contributed by atoms with E-state index in [2.05, 4.69) is 40.0 Å². The molecule has 3 N–H and O–H groups in total. The number of rotatable bonds is 3. The number of hydrogen-bond acceptors (Lipinski definition) is 2. The van der Waals surface area contributed by atoms with Crippen LogP contribution in [0.1, 0.15) is 41.0 Å². The normalized spacial score (nSPS) is 15.5. The minimum absolute atomic E-state index is 0.263. The van der Waals surface area contributed by atoms with Crippen LogP contribution in [-0.2, 0) is 0 Å². The first-order valence-electron chi connectivity index (χ1n) is 4.34. The highest BCUT2D eigenvalue weighted by Crippen LogP contribution is 2.23. The van der Waals surface area contributed by atoms with Crippen LogP contribution in [0.5, 0.6) is 0 Å². The third-order valence-electron chi connectivity index (χ3n) is 1.95. The Morgan fingerprint density at radius 1 is 1.27 bits per heavy atom. The maximum absolute atomic E-state index is 5.46. The van der Waals surface area contributed by atoms with E-state index in [9.17, 15) is 0 Å². The van der Waals surface area contributed by atoms with Crippen LogP contribution in [0.25, 0.3) is 0 Å². The van der Waals surface area contributed by atoms with Crippen molar-refractivity contribution in [2.45, 2.75) is 47.1 Å². The van der Waals surface area contributed by atoms with E-state index in [1.165, 1.54) is 0 Å². The molecule has 1 unspecified atom stereocenters. The van der Waals surface area contributed by atoms with Gasteiger partial charge >= 0.3 is 0 Å². The topological polar surface area (TPSA) is 38.0 Å². The van der Waals surface area contributed by atoms with Gasteiger partial charge in [0.25, 0.3) is 0 Å². The number of hydrazine groups is 1. The minimum Gasteiger partial charge on any atom is -0.271 e. The summed E-state index contributed by atoms with van der Waals surface area (Å²) in [5.41, 5.74) is 3.14. The van der Waals surface area contributed by atoms with Crippen molar-refractivity contribution in [3.63, 3.8) is 0 Å². The molecule has 0 amide bonds. The second-order valence-electron chi connectivity index (χ2n) is 4.71. The highest BCUT2D eigenvalue weighted by Gasteiger charge is 2.23. The molecule has 0 aliphatic carbocycles. The molecule has 0 aromatic heterocycles. The minimum atomic E-state index is 0.263. The molecule has 0 aliphatic heterocycles. The summed E-state index contributed by atoms with van der Waals surface area (Å²) in [7, 11) is 0. The van der Waals surface area contributed by atoms with Crippen LogP contribution in [-0.4, -0.2) is 6.04 Å². The van der Waals surface area contributed by atoms with Crippen LogP contribution in [0.15, 0.2) is 0 Å². The summed E-state index contributed by atoms with van der Waals surface area (Å²) in [6.45, 7) is 11.1. The van der Waals surface area contributed by atoms with Crippen molar-refractivity contribution in [1.29, 1.82) is 0 Å². The molecular formula is C9H22N2. The Hall–Kier alpha value is -0.0800. The van der Waals surface area contributed by atoms with Gasteiger partial charge in [-0.25, -0.2) is 0 Å². The predicted molar refractivity (Wildman–Crippen MR) is 50.0 cm³/mol. The Bertz CT molecular complexity index is 103. The molecule has 0 bridgehead atoms. The third-order valence-corrected chi connectivity index (χ3v) is 1.95. The first-order valence-corrected chi connectivity index (χ1v) is 4.34. The van der Waals surface area contributed by atoms with Crippen LogP contribution in [0.2, 0.25) is 0 Å². The molecule has 0 aliphatic rings. The molecule has 0 radical (unpaired) electrons. The smallest absolute Gasteiger partial charge is 0.0261 e. The molecular weight excluding hydrogens is 136 g/mol. The second kappa shape index (κ2) is 4.07. The quantitative estimate of drug-likeness (QED) is 0.486. The summed E-state index contributed by atoms with van der Waals surface area (Å²) in [5.74, 6) is 6.16. The van der Waals surface area contributed by atoms with E-state index in [1.54, 1.807) is 0 Å². The van der Waals surface area contributed by atoms with Gasteiger partial charge in [-0.3, -0.25) is 11.3 Å². The van der Waals surface area contributed by atoms with Crippen molar-refractivity contribution in [2.75, 3.05) is 0 Å². The number of hydrogen-bond donors (Lipinski definition) is 2. The van der Waals surface area contributed by atoms with Gasteiger partial charge in [0, 0.05) is 6.04 Å². The largest absolute Gasteiger partial charge is 0.271 e. The van der Waals surface area contributed by atoms with Crippen molar-refractivity contribution >= 4 is 0 Å². The molecule has 2 nitrogen and oxygen atoms in total. The summed E-state index contributed by atoms with van der Waals surface area (Å²) >= 11 is 0. The summed E-state index contributed by atoms with van der Waals surface area (Å²) in [5, 5.41) is 0. The molecule has 0 saturated heterocycles. The van der Waals surface area contributed by atoms with Crippen molar-refractivity contribution in [2.24, 2.45) is 17.2 Å². The lowest BCUT2D eigenvalue weighted by Gasteiger charge is -2.31. The van der Waals surface area contributed by atoms with E-state index in [0.29, 0.717) is 12.0 Å². The second-order valence-corrected chi connectivity index (χ2v) is 4.71. The van der Waals surface area contributed by atoms with E-state index in [0.717, 1.165) is 6.42 Å². The lowest BCUT2D eigenvalue weighted by molar-refractivity contribution is 0.236. The molecule has 0 heterocycles. The zero-order valence-corrected chi connectivity index (χ0v) is 8.44. The van der Waals surface area contributed by atoms with Gasteiger partial charge in [-0.1, -0.05) is 34.6 Å². The molecule has 0 rings (SSSR count). The van der Waals surface area contributed by atoms with Gasteiger partial charge in [0.05, 0.1) is 0 Å². The van der Waals surface area contributed by atoms with E-state index >= 15 is 0 Å². The first kappa shape index (κ1) is 10.9. The van der Waals surface area contributed by atoms with Crippen molar-refractivity contribution in [3.8, 4) is 0 Å². The van der Waals surface area contributed by atoms with Gasteiger partial charge < -0.3 is 0 Å². The lowest BCUT2D eigenvalue weighted by atomic mass is 9.82. The maximum atomic E-state index is 5.46. The Kier molecular flexibility index (Phi) is 4.04. The monoisotopic (exact) mass is 158 g/mol. The average Bonchev–Trinajstić information content (AvgIpc) is 1.79. The van der Waals surface area contributed by atoms with Crippen LogP contribution < -0.4 is 11.3 Å². The van der Waals surface area contributed by atoms with Crippen LogP contribution in [0, 0.1) is 11.3 Å². The van der Waals surface area contributed by atoms with E-state index in [-0.39, 0.29) is 5.41 Å². The highest BCUT2D eigenvalue weighted by atomic mass is 15.2. The SMILES string of the molecule is CC(C)CC(NN)C(C)(C)C. The maximum Gasteiger partial charge on any atom is 0.0261 e. The summed E-state index contributed by atoms with van der Waals surface area (Å²) in [6, 6.07) is 0.419. The molecule has 0 spiro atoms. The zero-order chi connectivity index (χ0) is 9.07. The Morgan fingerprint density at radius 2 is 1.73 bits per heavy atom. The molecule has 0 aromatic rings. The lowest BCUT2D eigenvalue weighted by Crippen LogP contribution is -2.45. The van der Waals surface area contributed by atoms with Crippen LogP contribution in [0.4, 0.5) is 0 Å². The van der Waals surface area contributed by atoms with E-state index in [4.69, 9.17) is 5.84 Å². The van der Waals surface area contributed by atoms with Gasteiger partial charge in [-0.2, -0.15) is 0 Å². The fourth-order valence-corrected chi connectivity index (χ4v) is 1.14. The molecule has 11 heavy (non-hydrogen) atoms. The van der Waals surface area contributed by atoms with Gasteiger partial charge in [0.1, 0.15) is 0 Å². The Labute approximate surface area is 70.5 Å². The average molecular weight is 158 g/mol. The fourth-order valence-electron chi connectivity index (χ4n) is 1.14.